The monoisotopic (exact) mass is 656 g/mol. The van der Waals surface area contributed by atoms with Crippen LogP contribution in [0.2, 0.25) is 0 Å². The van der Waals surface area contributed by atoms with Crippen LogP contribution in [-0.4, -0.2) is 19.5 Å². The lowest BCUT2D eigenvalue weighted by atomic mass is 9.97. The van der Waals surface area contributed by atoms with Crippen molar-refractivity contribution in [3.8, 4) is 51.0 Å². The molecule has 0 spiro atoms. The van der Waals surface area contributed by atoms with Crippen LogP contribution in [0.4, 0.5) is 0 Å². The van der Waals surface area contributed by atoms with Crippen LogP contribution in [0.3, 0.4) is 0 Å². The van der Waals surface area contributed by atoms with Crippen molar-refractivity contribution in [3.63, 3.8) is 0 Å². The van der Waals surface area contributed by atoms with Gasteiger partial charge in [-0.3, -0.25) is 0 Å². The molecule has 0 unspecified atom stereocenters. The molecule has 0 fully saturated rings. The van der Waals surface area contributed by atoms with Crippen molar-refractivity contribution in [2.45, 2.75) is 0 Å². The average Bonchev–Trinajstić information content (AvgIpc) is 3.74. The van der Waals surface area contributed by atoms with E-state index in [1.807, 2.05) is 72.0 Å². The standard InChI is InChI=1S/C45H28N4S/c1-4-13-29(14-5-1)43-46-44(30-15-6-2-7-16-30)48-45(47-43)32-23-25-36-41(28-32)50-40-22-12-20-34(42(36)40)31-24-26-39-37(27-31)35-19-10-11-21-38(35)49(39)33-17-8-3-9-18-33/h1-28H. The summed E-state index contributed by atoms with van der Waals surface area (Å²) in [5.41, 5.74) is 8.92. The fourth-order valence-electron chi connectivity index (χ4n) is 7.14. The highest BCUT2D eigenvalue weighted by molar-refractivity contribution is 7.26. The van der Waals surface area contributed by atoms with Crippen molar-refractivity contribution < 1.29 is 0 Å². The maximum atomic E-state index is 4.98. The molecule has 0 aliphatic rings. The second-order valence-electron chi connectivity index (χ2n) is 12.5. The Kier molecular flexibility index (Phi) is 6.64. The zero-order valence-corrected chi connectivity index (χ0v) is 27.7. The predicted molar refractivity (Wildman–Crippen MR) is 209 cm³/mol. The van der Waals surface area contributed by atoms with E-state index < -0.39 is 0 Å². The number of nitrogens with zero attached hydrogens (tertiary/aromatic N) is 4. The van der Waals surface area contributed by atoms with Gasteiger partial charge in [-0.2, -0.15) is 0 Å². The van der Waals surface area contributed by atoms with E-state index in [9.17, 15) is 0 Å². The molecule has 10 rings (SSSR count). The molecule has 0 bridgehead atoms. The zero-order chi connectivity index (χ0) is 33.0. The molecule has 234 valence electrons. The average molecular weight is 657 g/mol. The molecule has 0 N–H and O–H groups in total. The summed E-state index contributed by atoms with van der Waals surface area (Å²) in [6.07, 6.45) is 0. The predicted octanol–water partition coefficient (Wildman–Crippen LogP) is 12.0. The van der Waals surface area contributed by atoms with Gasteiger partial charge in [0.2, 0.25) is 0 Å². The summed E-state index contributed by atoms with van der Waals surface area (Å²) >= 11 is 1.81. The minimum absolute atomic E-state index is 0.664. The summed E-state index contributed by atoms with van der Waals surface area (Å²) in [5, 5.41) is 5.01. The number of hydrogen-bond donors (Lipinski definition) is 0. The molecule has 0 radical (unpaired) electrons. The summed E-state index contributed by atoms with van der Waals surface area (Å²) in [4.78, 5) is 14.8. The normalized spacial score (nSPS) is 11.6. The first-order chi connectivity index (χ1) is 24.8. The maximum Gasteiger partial charge on any atom is 0.164 e. The first-order valence-corrected chi connectivity index (χ1v) is 17.5. The van der Waals surface area contributed by atoms with Gasteiger partial charge in [0.05, 0.1) is 11.0 Å². The van der Waals surface area contributed by atoms with E-state index in [-0.39, 0.29) is 0 Å². The van der Waals surface area contributed by atoms with Crippen molar-refractivity contribution in [1.29, 1.82) is 0 Å². The molecule has 3 heterocycles. The number of benzene rings is 7. The lowest BCUT2D eigenvalue weighted by molar-refractivity contribution is 1.07. The van der Waals surface area contributed by atoms with Crippen LogP contribution in [0.25, 0.3) is 93.0 Å². The van der Waals surface area contributed by atoms with Crippen LogP contribution in [0, 0.1) is 0 Å². The zero-order valence-electron chi connectivity index (χ0n) is 26.9. The lowest BCUT2D eigenvalue weighted by Gasteiger charge is -2.09. The second-order valence-corrected chi connectivity index (χ2v) is 13.5. The van der Waals surface area contributed by atoms with E-state index in [4.69, 9.17) is 15.0 Å². The topological polar surface area (TPSA) is 43.6 Å². The van der Waals surface area contributed by atoms with Gasteiger partial charge in [0.15, 0.2) is 17.5 Å². The minimum Gasteiger partial charge on any atom is -0.309 e. The third-order valence-electron chi connectivity index (χ3n) is 9.45. The molecule has 7 aromatic carbocycles. The van der Waals surface area contributed by atoms with Gasteiger partial charge < -0.3 is 4.57 Å². The van der Waals surface area contributed by atoms with Gasteiger partial charge in [-0.1, -0.05) is 127 Å². The molecule has 10 aromatic rings. The van der Waals surface area contributed by atoms with Crippen LogP contribution in [0.5, 0.6) is 0 Å². The number of thiophene rings is 1. The molecule has 0 saturated carbocycles. The summed E-state index contributed by atoms with van der Waals surface area (Å²) < 4.78 is 4.83. The number of para-hydroxylation sites is 2. The van der Waals surface area contributed by atoms with E-state index in [0.717, 1.165) is 22.4 Å². The molecule has 3 aromatic heterocycles. The number of hydrogen-bond acceptors (Lipinski definition) is 4. The van der Waals surface area contributed by atoms with Gasteiger partial charge in [0.1, 0.15) is 0 Å². The van der Waals surface area contributed by atoms with Crippen LogP contribution in [0.15, 0.2) is 170 Å². The second kappa shape index (κ2) is 11.6. The summed E-state index contributed by atoms with van der Waals surface area (Å²) in [6.45, 7) is 0. The largest absolute Gasteiger partial charge is 0.309 e. The van der Waals surface area contributed by atoms with Crippen LogP contribution in [-0.2, 0) is 0 Å². The van der Waals surface area contributed by atoms with Crippen molar-refractivity contribution in [2.75, 3.05) is 0 Å². The van der Waals surface area contributed by atoms with Crippen molar-refractivity contribution in [3.05, 3.63) is 170 Å². The van der Waals surface area contributed by atoms with Gasteiger partial charge in [-0.25, -0.2) is 15.0 Å². The SMILES string of the molecule is c1ccc(-c2nc(-c3ccccc3)nc(-c3ccc4c(c3)sc3cccc(-c5ccc6c(c5)c5ccccc5n6-c5ccccc5)c34)n2)cc1. The summed E-state index contributed by atoms with van der Waals surface area (Å²) in [5.74, 6) is 1.99. The van der Waals surface area contributed by atoms with Crippen molar-refractivity contribution in [1.82, 2.24) is 19.5 Å². The minimum atomic E-state index is 0.664. The van der Waals surface area contributed by atoms with Crippen LogP contribution < -0.4 is 0 Å². The molecule has 4 nitrogen and oxygen atoms in total. The molecule has 0 aliphatic carbocycles. The van der Waals surface area contributed by atoms with E-state index in [1.54, 1.807) is 0 Å². The van der Waals surface area contributed by atoms with E-state index in [1.165, 1.54) is 53.1 Å². The first kappa shape index (κ1) is 28.6. The Labute approximate surface area is 292 Å². The number of fused-ring (bicyclic) bond motifs is 6. The van der Waals surface area contributed by atoms with Gasteiger partial charge in [0.25, 0.3) is 0 Å². The molecule has 50 heavy (non-hydrogen) atoms. The molecule has 0 amide bonds. The third-order valence-corrected chi connectivity index (χ3v) is 10.6. The number of aromatic nitrogens is 4. The Morgan fingerprint density at radius 1 is 0.380 bits per heavy atom. The Bertz CT molecular complexity index is 2800. The van der Waals surface area contributed by atoms with Gasteiger partial charge in [-0.15, -0.1) is 11.3 Å². The number of rotatable bonds is 5. The highest BCUT2D eigenvalue weighted by Crippen LogP contribution is 2.43. The third kappa shape index (κ3) is 4.71. The van der Waals surface area contributed by atoms with E-state index in [2.05, 4.69) is 114 Å². The molecule has 0 saturated heterocycles. The maximum absolute atomic E-state index is 4.98. The van der Waals surface area contributed by atoms with Gasteiger partial charge in [0, 0.05) is 53.3 Å². The molecule has 0 atom stereocenters. The smallest absolute Gasteiger partial charge is 0.164 e. The van der Waals surface area contributed by atoms with Crippen LogP contribution >= 0.6 is 11.3 Å². The molecule has 0 aliphatic heterocycles. The fraction of sp³-hybridized carbons (Fsp3) is 0. The van der Waals surface area contributed by atoms with E-state index >= 15 is 0 Å². The fourth-order valence-corrected chi connectivity index (χ4v) is 8.31. The quantitative estimate of drug-likeness (QED) is 0.185. The highest BCUT2D eigenvalue weighted by Gasteiger charge is 2.17. The van der Waals surface area contributed by atoms with Gasteiger partial charge in [-0.05, 0) is 53.6 Å². The summed E-state index contributed by atoms with van der Waals surface area (Å²) in [7, 11) is 0. The lowest BCUT2D eigenvalue weighted by Crippen LogP contribution is -1.99. The summed E-state index contributed by atoms with van der Waals surface area (Å²) in [6, 6.07) is 59.8. The molecular weight excluding hydrogens is 629 g/mol. The van der Waals surface area contributed by atoms with Crippen molar-refractivity contribution >= 4 is 53.3 Å². The van der Waals surface area contributed by atoms with Gasteiger partial charge >= 0.3 is 0 Å². The molecule has 5 heteroatoms. The Hall–Kier alpha value is -6.43. The highest BCUT2D eigenvalue weighted by atomic mass is 32.1. The van der Waals surface area contributed by atoms with E-state index in [0.29, 0.717) is 17.5 Å². The Morgan fingerprint density at radius 2 is 0.980 bits per heavy atom. The Morgan fingerprint density at radius 3 is 1.70 bits per heavy atom. The Balaban J connectivity index is 1.13. The molecular formula is C45H28N4S. The van der Waals surface area contributed by atoms with Crippen molar-refractivity contribution in [2.24, 2.45) is 0 Å². The first-order valence-electron chi connectivity index (χ1n) is 16.7. The van der Waals surface area contributed by atoms with Crippen LogP contribution in [0.1, 0.15) is 0 Å².